The van der Waals surface area contributed by atoms with Crippen molar-refractivity contribution in [2.24, 2.45) is 0 Å². The van der Waals surface area contributed by atoms with Gasteiger partial charge in [0.25, 0.3) is 5.88 Å². The molecule has 1 N–H and O–H groups in total. The average Bonchev–Trinajstić information content (AvgIpc) is 2.81. The minimum absolute atomic E-state index is 0.0488. The van der Waals surface area contributed by atoms with Crippen molar-refractivity contribution in [1.82, 2.24) is 15.0 Å². The molecule has 0 aliphatic heterocycles. The number of nitrogens with zero attached hydrogens (tertiary/aromatic N) is 4. The summed E-state index contributed by atoms with van der Waals surface area (Å²) in [6, 6.07) is 0. The van der Waals surface area contributed by atoms with E-state index >= 15 is 0 Å². The van der Waals surface area contributed by atoms with Crippen LogP contribution < -0.4 is 10.1 Å². The Morgan fingerprint density at radius 1 is 1.47 bits per heavy atom. The molecule has 2 rings (SSSR count). The van der Waals surface area contributed by atoms with E-state index in [4.69, 9.17) is 9.15 Å². The molecule has 2 aromatic rings. The minimum Gasteiger partial charge on any atom is -0.476 e. The SMILES string of the molecule is COc1ncnc(NCc2ncc(C)o2)c1[N+](=O)[O-]. The van der Waals surface area contributed by atoms with Crippen LogP contribution in [-0.2, 0) is 6.54 Å². The molecule has 2 aromatic heterocycles. The molecule has 0 saturated heterocycles. The standard InChI is InChI=1S/C10H11N5O4/c1-6-3-11-7(19-6)4-12-9-8(15(16)17)10(18-2)14-5-13-9/h3,5H,4H2,1-2H3,(H,12,13,14). The number of nitro groups is 1. The number of nitrogens with one attached hydrogen (secondary N) is 1. The van der Waals surface area contributed by atoms with Crippen LogP contribution in [0.4, 0.5) is 11.5 Å². The Labute approximate surface area is 107 Å². The Balaban J connectivity index is 2.22. The van der Waals surface area contributed by atoms with Crippen molar-refractivity contribution in [2.45, 2.75) is 13.5 Å². The molecule has 0 atom stereocenters. The maximum Gasteiger partial charge on any atom is 0.372 e. The first-order valence-corrected chi connectivity index (χ1v) is 5.30. The molecule has 0 aliphatic carbocycles. The van der Waals surface area contributed by atoms with Crippen LogP contribution in [0.1, 0.15) is 11.7 Å². The third-order valence-corrected chi connectivity index (χ3v) is 2.24. The van der Waals surface area contributed by atoms with Gasteiger partial charge in [0.05, 0.1) is 24.8 Å². The van der Waals surface area contributed by atoms with Gasteiger partial charge in [-0.15, -0.1) is 0 Å². The first-order chi connectivity index (χ1) is 9.11. The summed E-state index contributed by atoms with van der Waals surface area (Å²) < 4.78 is 10.1. The third kappa shape index (κ3) is 2.76. The third-order valence-electron chi connectivity index (χ3n) is 2.24. The van der Waals surface area contributed by atoms with E-state index in [1.54, 1.807) is 13.1 Å². The lowest BCUT2D eigenvalue weighted by Crippen LogP contribution is -2.07. The van der Waals surface area contributed by atoms with Crippen LogP contribution in [-0.4, -0.2) is 27.0 Å². The molecule has 0 fully saturated rings. The number of anilines is 1. The average molecular weight is 265 g/mol. The van der Waals surface area contributed by atoms with E-state index in [0.717, 1.165) is 0 Å². The van der Waals surface area contributed by atoms with Crippen molar-refractivity contribution in [1.29, 1.82) is 0 Å². The van der Waals surface area contributed by atoms with Crippen LogP contribution >= 0.6 is 0 Å². The molecule has 2 heterocycles. The van der Waals surface area contributed by atoms with E-state index in [1.807, 2.05) is 0 Å². The van der Waals surface area contributed by atoms with Gasteiger partial charge in [-0.3, -0.25) is 10.1 Å². The van der Waals surface area contributed by atoms with Gasteiger partial charge in [-0.25, -0.2) is 9.97 Å². The van der Waals surface area contributed by atoms with Crippen LogP contribution in [0.2, 0.25) is 0 Å². The van der Waals surface area contributed by atoms with E-state index in [9.17, 15) is 10.1 Å². The zero-order chi connectivity index (χ0) is 13.8. The summed E-state index contributed by atoms with van der Waals surface area (Å²) in [5.74, 6) is 1.01. The molecule has 9 heteroatoms. The van der Waals surface area contributed by atoms with Crippen molar-refractivity contribution in [2.75, 3.05) is 12.4 Å². The van der Waals surface area contributed by atoms with E-state index < -0.39 is 4.92 Å². The van der Waals surface area contributed by atoms with Crippen LogP contribution in [0.15, 0.2) is 16.9 Å². The first-order valence-electron chi connectivity index (χ1n) is 5.30. The number of ether oxygens (including phenoxy) is 1. The first kappa shape index (κ1) is 12.7. The van der Waals surface area contributed by atoms with E-state index in [-0.39, 0.29) is 23.9 Å². The topological polar surface area (TPSA) is 116 Å². The number of hydrogen-bond acceptors (Lipinski definition) is 8. The van der Waals surface area contributed by atoms with Crippen molar-refractivity contribution in [3.05, 3.63) is 34.3 Å². The number of hydrogen-bond donors (Lipinski definition) is 1. The van der Waals surface area contributed by atoms with Crippen molar-refractivity contribution < 1.29 is 14.1 Å². The number of rotatable bonds is 5. The van der Waals surface area contributed by atoms with E-state index in [0.29, 0.717) is 11.7 Å². The lowest BCUT2D eigenvalue weighted by atomic mass is 10.4. The second-order valence-electron chi connectivity index (χ2n) is 3.56. The number of oxazole rings is 1. The van der Waals surface area contributed by atoms with Crippen molar-refractivity contribution in [3.8, 4) is 5.88 Å². The Kier molecular flexibility index (Phi) is 3.55. The van der Waals surface area contributed by atoms with Gasteiger partial charge in [0.2, 0.25) is 11.7 Å². The number of aryl methyl sites for hydroxylation is 1. The molecule has 0 aromatic carbocycles. The largest absolute Gasteiger partial charge is 0.476 e. The van der Waals surface area contributed by atoms with Crippen molar-refractivity contribution >= 4 is 11.5 Å². The van der Waals surface area contributed by atoms with Crippen LogP contribution in [0.25, 0.3) is 0 Å². The summed E-state index contributed by atoms with van der Waals surface area (Å²) in [5, 5.41) is 13.8. The predicted molar refractivity (Wildman–Crippen MR) is 63.8 cm³/mol. The van der Waals surface area contributed by atoms with Gasteiger partial charge < -0.3 is 14.5 Å². The normalized spacial score (nSPS) is 10.2. The molecule has 19 heavy (non-hydrogen) atoms. The monoisotopic (exact) mass is 265 g/mol. The summed E-state index contributed by atoms with van der Waals surface area (Å²) in [6.07, 6.45) is 2.74. The molecule has 0 saturated carbocycles. The predicted octanol–water partition coefficient (Wildman–Crippen LogP) is 1.30. The fourth-order valence-electron chi connectivity index (χ4n) is 1.45. The van der Waals surface area contributed by atoms with Crippen molar-refractivity contribution in [3.63, 3.8) is 0 Å². The lowest BCUT2D eigenvalue weighted by molar-refractivity contribution is -0.385. The Hall–Kier alpha value is -2.71. The summed E-state index contributed by atoms with van der Waals surface area (Å²) >= 11 is 0. The van der Waals surface area contributed by atoms with Gasteiger partial charge in [0.1, 0.15) is 12.1 Å². The number of aromatic nitrogens is 3. The molecule has 0 spiro atoms. The quantitative estimate of drug-likeness (QED) is 0.635. The molecule has 0 unspecified atom stereocenters. The second kappa shape index (κ2) is 5.29. The fraction of sp³-hybridized carbons (Fsp3) is 0.300. The smallest absolute Gasteiger partial charge is 0.372 e. The Morgan fingerprint density at radius 3 is 2.84 bits per heavy atom. The van der Waals surface area contributed by atoms with Gasteiger partial charge in [-0.1, -0.05) is 0 Å². The summed E-state index contributed by atoms with van der Waals surface area (Å²) in [4.78, 5) is 21.8. The molecule has 0 bridgehead atoms. The van der Waals surface area contributed by atoms with Gasteiger partial charge in [-0.2, -0.15) is 4.98 Å². The zero-order valence-electron chi connectivity index (χ0n) is 10.3. The van der Waals surface area contributed by atoms with Crippen LogP contribution in [0.3, 0.4) is 0 Å². The second-order valence-corrected chi connectivity index (χ2v) is 3.56. The van der Waals surface area contributed by atoms with Gasteiger partial charge in [0, 0.05) is 0 Å². The summed E-state index contributed by atoms with van der Waals surface area (Å²) in [6.45, 7) is 1.93. The summed E-state index contributed by atoms with van der Waals surface area (Å²) in [7, 11) is 1.30. The highest BCUT2D eigenvalue weighted by atomic mass is 16.6. The lowest BCUT2D eigenvalue weighted by Gasteiger charge is -2.05. The highest BCUT2D eigenvalue weighted by Crippen LogP contribution is 2.30. The summed E-state index contributed by atoms with van der Waals surface area (Å²) in [5.41, 5.74) is -0.326. The van der Waals surface area contributed by atoms with E-state index in [1.165, 1.54) is 13.4 Å². The zero-order valence-corrected chi connectivity index (χ0v) is 10.3. The molecule has 100 valence electrons. The maximum absolute atomic E-state index is 11.0. The van der Waals surface area contributed by atoms with Gasteiger partial charge in [-0.05, 0) is 6.92 Å². The molecule has 0 radical (unpaired) electrons. The molecular weight excluding hydrogens is 254 g/mol. The minimum atomic E-state index is -0.609. The molecule has 0 aliphatic rings. The Morgan fingerprint density at radius 2 is 2.26 bits per heavy atom. The van der Waals surface area contributed by atoms with Gasteiger partial charge in [0.15, 0.2) is 0 Å². The molecule has 9 nitrogen and oxygen atoms in total. The number of methoxy groups -OCH3 is 1. The van der Waals surface area contributed by atoms with Crippen LogP contribution in [0.5, 0.6) is 5.88 Å². The fourth-order valence-corrected chi connectivity index (χ4v) is 1.45. The molecule has 0 amide bonds. The highest BCUT2D eigenvalue weighted by molar-refractivity contribution is 5.60. The Bertz CT molecular complexity index is 597. The maximum atomic E-state index is 11.0. The molecular formula is C10H11N5O4. The van der Waals surface area contributed by atoms with Crippen LogP contribution in [0, 0.1) is 17.0 Å². The van der Waals surface area contributed by atoms with Gasteiger partial charge >= 0.3 is 5.69 Å². The highest BCUT2D eigenvalue weighted by Gasteiger charge is 2.23. The van der Waals surface area contributed by atoms with E-state index in [2.05, 4.69) is 20.3 Å².